The van der Waals surface area contributed by atoms with Gasteiger partial charge in [0.05, 0.1) is 0 Å². The first kappa shape index (κ1) is 28.8. The van der Waals surface area contributed by atoms with Crippen molar-refractivity contribution in [2.45, 2.75) is 12.3 Å². The van der Waals surface area contributed by atoms with Gasteiger partial charge in [-0.3, -0.25) is 0 Å². The molecule has 0 nitrogen and oxygen atoms in total. The molecule has 11 rings (SSSR count). The molecule has 51 heavy (non-hydrogen) atoms. The van der Waals surface area contributed by atoms with E-state index in [4.69, 9.17) is 0 Å². The highest BCUT2D eigenvalue weighted by atomic mass is 32.1. The maximum absolute atomic E-state index is 2.42. The lowest BCUT2D eigenvalue weighted by Crippen LogP contribution is -1.99. The molecule has 0 bridgehead atoms. The number of hydrogen-bond donors (Lipinski definition) is 0. The van der Waals surface area contributed by atoms with Crippen LogP contribution >= 0.6 is 11.3 Å². The third-order valence-corrected chi connectivity index (χ3v) is 12.4. The molecule has 0 saturated carbocycles. The summed E-state index contributed by atoms with van der Waals surface area (Å²) in [6.07, 6.45) is 8.13. The van der Waals surface area contributed by atoms with Crippen molar-refractivity contribution in [3.8, 4) is 11.1 Å². The van der Waals surface area contributed by atoms with Gasteiger partial charge in [-0.05, 0) is 101 Å². The summed E-state index contributed by atoms with van der Waals surface area (Å²) in [7, 11) is 0. The summed E-state index contributed by atoms with van der Waals surface area (Å²) < 4.78 is 2.73. The molecule has 10 aromatic rings. The van der Waals surface area contributed by atoms with Crippen LogP contribution in [0.15, 0.2) is 176 Å². The van der Waals surface area contributed by atoms with Gasteiger partial charge in [0.2, 0.25) is 0 Å². The Bertz CT molecular complexity index is 3100. The van der Waals surface area contributed by atoms with Crippen molar-refractivity contribution in [3.63, 3.8) is 0 Å². The fourth-order valence-electron chi connectivity index (χ4n) is 8.50. The van der Waals surface area contributed by atoms with Gasteiger partial charge in [-0.25, -0.2) is 0 Å². The van der Waals surface area contributed by atoms with E-state index in [1.165, 1.54) is 102 Å². The van der Waals surface area contributed by atoms with Gasteiger partial charge in [0.1, 0.15) is 0 Å². The van der Waals surface area contributed by atoms with Crippen LogP contribution in [0.2, 0.25) is 0 Å². The number of allylic oxidation sites excluding steroid dienone is 4. The Morgan fingerprint density at radius 1 is 0.431 bits per heavy atom. The quantitative estimate of drug-likeness (QED) is 0.165. The molecule has 1 unspecified atom stereocenters. The zero-order chi connectivity index (χ0) is 33.5. The van der Waals surface area contributed by atoms with Crippen LogP contribution < -0.4 is 0 Å². The minimum Gasteiger partial charge on any atom is -0.135 e. The molecule has 0 fully saturated rings. The number of hydrogen-bond acceptors (Lipinski definition) is 1. The van der Waals surface area contributed by atoms with E-state index in [0.717, 1.165) is 6.42 Å². The van der Waals surface area contributed by atoms with Gasteiger partial charge >= 0.3 is 0 Å². The molecule has 0 amide bonds. The second-order valence-corrected chi connectivity index (χ2v) is 15.1. The third kappa shape index (κ3) is 4.59. The smallest absolute Gasteiger partial charge is 0.0440 e. The maximum Gasteiger partial charge on any atom is 0.0440 e. The Morgan fingerprint density at radius 2 is 1.06 bits per heavy atom. The van der Waals surface area contributed by atoms with Crippen molar-refractivity contribution < 1.29 is 0 Å². The van der Waals surface area contributed by atoms with E-state index in [1.54, 1.807) is 0 Å². The summed E-state index contributed by atoms with van der Waals surface area (Å²) in [5.41, 5.74) is 6.44. The molecule has 9 aromatic carbocycles. The van der Waals surface area contributed by atoms with Crippen LogP contribution in [-0.4, -0.2) is 0 Å². The average Bonchev–Trinajstić information content (AvgIpc) is 3.59. The van der Waals surface area contributed by atoms with Crippen molar-refractivity contribution in [3.05, 3.63) is 187 Å². The van der Waals surface area contributed by atoms with E-state index >= 15 is 0 Å². The Hall–Kier alpha value is -6.02. The second kappa shape index (κ2) is 11.3. The molecule has 238 valence electrons. The molecular formula is C50H32S. The van der Waals surface area contributed by atoms with E-state index in [1.807, 2.05) is 11.3 Å². The molecule has 0 aliphatic heterocycles. The molecular weight excluding hydrogens is 633 g/mol. The Balaban J connectivity index is 0.900. The Morgan fingerprint density at radius 3 is 1.92 bits per heavy atom. The van der Waals surface area contributed by atoms with Crippen LogP contribution in [0.25, 0.3) is 90.7 Å². The molecule has 0 N–H and O–H groups in total. The van der Waals surface area contributed by atoms with Gasteiger partial charge in [-0.1, -0.05) is 158 Å². The minimum absolute atomic E-state index is 0.368. The van der Waals surface area contributed by atoms with Crippen LogP contribution in [0, 0.1) is 0 Å². The summed E-state index contributed by atoms with van der Waals surface area (Å²) in [4.78, 5) is 0. The SMILES string of the molecule is C1=CC(c2ccc3ccc4c5ccccc5ccc4c3c2)CC=C1c1ccc(-c2ccc3ccc4ccc5c6ccccc6sc5c4c3c2)cc1. The Labute approximate surface area is 300 Å². The zero-order valence-electron chi connectivity index (χ0n) is 27.9. The van der Waals surface area contributed by atoms with Crippen molar-refractivity contribution in [2.24, 2.45) is 0 Å². The van der Waals surface area contributed by atoms with E-state index < -0.39 is 0 Å². The van der Waals surface area contributed by atoms with Crippen molar-refractivity contribution in [1.82, 2.24) is 0 Å². The number of benzene rings is 9. The molecule has 1 heteroatoms. The lowest BCUT2D eigenvalue weighted by atomic mass is 9.86. The van der Waals surface area contributed by atoms with E-state index in [2.05, 4.69) is 176 Å². The lowest BCUT2D eigenvalue weighted by Gasteiger charge is -2.18. The fourth-order valence-corrected chi connectivity index (χ4v) is 9.77. The average molecular weight is 665 g/mol. The van der Waals surface area contributed by atoms with Crippen LogP contribution in [0.5, 0.6) is 0 Å². The summed E-state index contributed by atoms with van der Waals surface area (Å²) >= 11 is 1.91. The first-order valence-electron chi connectivity index (χ1n) is 17.9. The van der Waals surface area contributed by atoms with Gasteiger partial charge in [0.25, 0.3) is 0 Å². The molecule has 0 saturated heterocycles. The molecule has 1 aliphatic carbocycles. The lowest BCUT2D eigenvalue weighted by molar-refractivity contribution is 0.858. The molecule has 1 aromatic heterocycles. The van der Waals surface area contributed by atoms with E-state index in [9.17, 15) is 0 Å². The molecule has 1 heterocycles. The highest BCUT2D eigenvalue weighted by Gasteiger charge is 2.15. The summed E-state index contributed by atoms with van der Waals surface area (Å²) in [6.45, 7) is 0. The topological polar surface area (TPSA) is 0 Å². The first-order chi connectivity index (χ1) is 25.2. The van der Waals surface area contributed by atoms with Crippen LogP contribution in [0.3, 0.4) is 0 Å². The standard InChI is InChI=1S/C50H32S/c1-2-6-41-35(5-1)23-27-43-42(41)26-24-36-18-21-39(29-46(36)43)33-13-9-31(10-14-33)32-11-15-34(16-12-32)40-22-19-37-17-20-38-25-28-45-44-7-3-4-8-48(44)51-50(45)49(38)47(37)30-40/h1-13,15-30,33H,14H2. The van der Waals surface area contributed by atoms with Gasteiger partial charge < -0.3 is 0 Å². The number of rotatable bonds is 3. The van der Waals surface area contributed by atoms with Crippen LogP contribution in [-0.2, 0) is 0 Å². The van der Waals surface area contributed by atoms with Crippen LogP contribution in [0.1, 0.15) is 23.5 Å². The second-order valence-electron chi connectivity index (χ2n) is 14.0. The first-order valence-corrected chi connectivity index (χ1v) is 18.7. The predicted molar refractivity (Wildman–Crippen MR) is 223 cm³/mol. The third-order valence-electron chi connectivity index (χ3n) is 11.2. The maximum atomic E-state index is 2.42. The molecule has 0 spiro atoms. The van der Waals surface area contributed by atoms with Gasteiger partial charge in [-0.15, -0.1) is 11.3 Å². The highest BCUT2D eigenvalue weighted by Crippen LogP contribution is 2.42. The van der Waals surface area contributed by atoms with Gasteiger partial charge in [0, 0.05) is 31.5 Å². The zero-order valence-corrected chi connectivity index (χ0v) is 28.8. The fraction of sp³-hybridized carbons (Fsp3) is 0.0400. The highest BCUT2D eigenvalue weighted by molar-refractivity contribution is 7.26. The van der Waals surface area contributed by atoms with Crippen molar-refractivity contribution in [2.75, 3.05) is 0 Å². The number of thiophene rings is 1. The molecule has 0 radical (unpaired) electrons. The van der Waals surface area contributed by atoms with Gasteiger partial charge in [0.15, 0.2) is 0 Å². The summed E-state index contributed by atoms with van der Waals surface area (Å²) in [5, 5.41) is 15.9. The monoisotopic (exact) mass is 664 g/mol. The van der Waals surface area contributed by atoms with E-state index in [0.29, 0.717) is 5.92 Å². The minimum atomic E-state index is 0.368. The molecule has 1 aliphatic rings. The van der Waals surface area contributed by atoms with Gasteiger partial charge in [-0.2, -0.15) is 0 Å². The van der Waals surface area contributed by atoms with Crippen LogP contribution in [0.4, 0.5) is 0 Å². The largest absolute Gasteiger partial charge is 0.135 e. The summed E-state index contributed by atoms with van der Waals surface area (Å²) in [5.74, 6) is 0.368. The van der Waals surface area contributed by atoms with Crippen molar-refractivity contribution in [1.29, 1.82) is 0 Å². The molecule has 1 atom stereocenters. The van der Waals surface area contributed by atoms with Crippen molar-refractivity contribution >= 4 is 90.9 Å². The summed E-state index contributed by atoms with van der Waals surface area (Å²) in [6, 6.07) is 58.9. The normalized spacial score (nSPS) is 14.8. The predicted octanol–water partition coefficient (Wildman–Crippen LogP) is 14.6. The Kier molecular flexibility index (Phi) is 6.35. The van der Waals surface area contributed by atoms with E-state index in [-0.39, 0.29) is 0 Å². The number of fused-ring (bicyclic) bond motifs is 12.